The Bertz CT molecular complexity index is 997. The van der Waals surface area contributed by atoms with Crippen molar-refractivity contribution in [2.75, 3.05) is 20.2 Å². The van der Waals surface area contributed by atoms with Crippen LogP contribution >= 0.6 is 34.5 Å². The molecule has 0 saturated carbocycles. The Morgan fingerprint density at radius 3 is 2.59 bits per heavy atom. The lowest BCUT2D eigenvalue weighted by molar-refractivity contribution is 0.0709. The largest absolute Gasteiger partial charge is 0.496 e. The summed E-state index contributed by atoms with van der Waals surface area (Å²) < 4.78 is 6.47. The van der Waals surface area contributed by atoms with Gasteiger partial charge < -0.3 is 9.64 Å². The molecule has 0 unspecified atom stereocenters. The minimum atomic E-state index is -0.0381. The van der Waals surface area contributed by atoms with Gasteiger partial charge in [0, 0.05) is 29.1 Å². The van der Waals surface area contributed by atoms with E-state index in [9.17, 15) is 4.79 Å². The molecule has 2 aromatic carbocycles. The molecule has 140 valence electrons. The highest BCUT2D eigenvalue weighted by Gasteiger charge is 2.28. The number of methoxy groups -OCH3 is 1. The summed E-state index contributed by atoms with van der Waals surface area (Å²) in [5.41, 5.74) is 1.46. The predicted molar refractivity (Wildman–Crippen MR) is 111 cm³/mol. The van der Waals surface area contributed by atoms with Gasteiger partial charge in [-0.25, -0.2) is 4.98 Å². The highest BCUT2D eigenvalue weighted by atomic mass is 35.5. The van der Waals surface area contributed by atoms with Crippen LogP contribution in [0.15, 0.2) is 36.4 Å². The number of halogens is 2. The summed E-state index contributed by atoms with van der Waals surface area (Å²) in [5.74, 6) is 0.880. The molecule has 1 fully saturated rings. The van der Waals surface area contributed by atoms with Crippen LogP contribution in [-0.2, 0) is 0 Å². The van der Waals surface area contributed by atoms with Gasteiger partial charge in [0.05, 0.1) is 27.9 Å². The lowest BCUT2D eigenvalue weighted by Gasteiger charge is -2.31. The number of ether oxygens (including phenoxy) is 1. The summed E-state index contributed by atoms with van der Waals surface area (Å²) in [7, 11) is 1.56. The van der Waals surface area contributed by atoms with Crippen LogP contribution < -0.4 is 4.74 Å². The van der Waals surface area contributed by atoms with Crippen LogP contribution in [-0.4, -0.2) is 36.0 Å². The number of piperidine rings is 1. The maximum absolute atomic E-state index is 12.9. The maximum atomic E-state index is 12.9. The van der Waals surface area contributed by atoms with Crippen LogP contribution in [0.3, 0.4) is 0 Å². The Labute approximate surface area is 171 Å². The van der Waals surface area contributed by atoms with Crippen molar-refractivity contribution in [3.8, 4) is 5.75 Å². The van der Waals surface area contributed by atoms with Crippen molar-refractivity contribution in [3.05, 3.63) is 57.0 Å². The molecule has 4 rings (SSSR count). The average Bonchev–Trinajstić information content (AvgIpc) is 3.10. The summed E-state index contributed by atoms with van der Waals surface area (Å²) >= 11 is 13.8. The number of hydrogen-bond donors (Lipinski definition) is 0. The summed E-state index contributed by atoms with van der Waals surface area (Å²) in [4.78, 5) is 19.5. The summed E-state index contributed by atoms with van der Waals surface area (Å²) in [6, 6.07) is 10.9. The molecule has 0 spiro atoms. The Hall–Kier alpha value is -1.82. The van der Waals surface area contributed by atoms with Crippen LogP contribution in [0, 0.1) is 0 Å². The first-order valence-corrected chi connectivity index (χ1v) is 10.3. The number of aromatic nitrogens is 1. The average molecular weight is 421 g/mol. The third-order valence-corrected chi connectivity index (χ3v) is 6.56. The highest BCUT2D eigenvalue weighted by Crippen LogP contribution is 2.35. The van der Waals surface area contributed by atoms with Crippen molar-refractivity contribution in [1.82, 2.24) is 9.88 Å². The number of thiazole rings is 1. The molecule has 4 nitrogen and oxygen atoms in total. The van der Waals surface area contributed by atoms with E-state index >= 15 is 0 Å². The molecule has 1 aliphatic heterocycles. The Kier molecular flexibility index (Phi) is 5.26. The van der Waals surface area contributed by atoms with Gasteiger partial charge in [0.25, 0.3) is 5.91 Å². The molecule has 7 heteroatoms. The monoisotopic (exact) mass is 420 g/mol. The minimum Gasteiger partial charge on any atom is -0.496 e. The molecule has 1 saturated heterocycles. The fourth-order valence-corrected chi connectivity index (χ4v) is 4.90. The molecular weight excluding hydrogens is 403 g/mol. The quantitative estimate of drug-likeness (QED) is 0.550. The second kappa shape index (κ2) is 7.66. The topological polar surface area (TPSA) is 42.4 Å². The Morgan fingerprint density at radius 1 is 1.15 bits per heavy atom. The molecule has 27 heavy (non-hydrogen) atoms. The standard InChI is InChI=1S/C20H18Cl2N2O2S/c1-26-17-4-2-13(21)10-15(17)20(25)24-8-6-12(7-9-24)19-23-16-11-14(22)3-5-18(16)27-19/h2-5,10-12H,6-9H2,1H3. The van der Waals surface area contributed by atoms with E-state index in [1.54, 1.807) is 36.6 Å². The smallest absolute Gasteiger partial charge is 0.257 e. The molecular formula is C20H18Cl2N2O2S. The number of benzene rings is 2. The lowest BCUT2D eigenvalue weighted by atomic mass is 9.97. The van der Waals surface area contributed by atoms with E-state index in [-0.39, 0.29) is 5.91 Å². The van der Waals surface area contributed by atoms with Crippen molar-refractivity contribution in [3.63, 3.8) is 0 Å². The van der Waals surface area contributed by atoms with Crippen LogP contribution in [0.25, 0.3) is 10.2 Å². The van der Waals surface area contributed by atoms with Crippen LogP contribution in [0.5, 0.6) is 5.75 Å². The molecule has 1 aliphatic rings. The highest BCUT2D eigenvalue weighted by molar-refractivity contribution is 7.18. The van der Waals surface area contributed by atoms with Crippen LogP contribution in [0.2, 0.25) is 10.0 Å². The number of fused-ring (bicyclic) bond motifs is 1. The van der Waals surface area contributed by atoms with Gasteiger partial charge in [-0.15, -0.1) is 11.3 Å². The Morgan fingerprint density at radius 2 is 1.85 bits per heavy atom. The molecule has 1 amide bonds. The fourth-order valence-electron chi connectivity index (χ4n) is 3.44. The van der Waals surface area contributed by atoms with Gasteiger partial charge in [-0.3, -0.25) is 4.79 Å². The number of hydrogen-bond acceptors (Lipinski definition) is 4. The van der Waals surface area contributed by atoms with E-state index in [4.69, 9.17) is 32.9 Å². The number of likely N-dealkylation sites (tertiary alicyclic amines) is 1. The van der Waals surface area contributed by atoms with E-state index in [0.717, 1.165) is 28.1 Å². The van der Waals surface area contributed by atoms with Gasteiger partial charge in [-0.05, 0) is 49.2 Å². The van der Waals surface area contributed by atoms with E-state index in [1.165, 1.54) is 0 Å². The predicted octanol–water partition coefficient (Wildman–Crippen LogP) is 5.63. The zero-order chi connectivity index (χ0) is 19.0. The second-order valence-corrected chi connectivity index (χ2v) is 8.51. The summed E-state index contributed by atoms with van der Waals surface area (Å²) in [6.45, 7) is 1.38. The minimum absolute atomic E-state index is 0.0381. The molecule has 0 atom stereocenters. The van der Waals surface area contributed by atoms with Crippen molar-refractivity contribution in [2.45, 2.75) is 18.8 Å². The zero-order valence-corrected chi connectivity index (χ0v) is 17.1. The molecule has 0 radical (unpaired) electrons. The van der Waals surface area contributed by atoms with Crippen LogP contribution in [0.4, 0.5) is 0 Å². The van der Waals surface area contributed by atoms with Gasteiger partial charge in [0.1, 0.15) is 5.75 Å². The number of carbonyl (C=O) groups is 1. The van der Waals surface area contributed by atoms with E-state index in [1.807, 2.05) is 23.1 Å². The number of nitrogens with zero attached hydrogens (tertiary/aromatic N) is 2. The SMILES string of the molecule is COc1ccc(Cl)cc1C(=O)N1CCC(c2nc3cc(Cl)ccc3s2)CC1. The molecule has 0 bridgehead atoms. The second-order valence-electron chi connectivity index (χ2n) is 6.58. The fraction of sp³-hybridized carbons (Fsp3) is 0.300. The molecule has 2 heterocycles. The van der Waals surface area contributed by atoms with Gasteiger partial charge in [0.15, 0.2) is 0 Å². The molecule has 1 aromatic heterocycles. The van der Waals surface area contributed by atoms with Gasteiger partial charge in [-0.2, -0.15) is 0 Å². The number of rotatable bonds is 3. The molecule has 0 N–H and O–H groups in total. The van der Waals surface area contributed by atoms with Crippen molar-refractivity contribution in [1.29, 1.82) is 0 Å². The van der Waals surface area contributed by atoms with Crippen molar-refractivity contribution in [2.24, 2.45) is 0 Å². The van der Waals surface area contributed by atoms with Crippen LogP contribution in [0.1, 0.15) is 34.1 Å². The van der Waals surface area contributed by atoms with Crippen molar-refractivity contribution < 1.29 is 9.53 Å². The third kappa shape index (κ3) is 3.77. The third-order valence-electron chi connectivity index (χ3n) is 4.89. The first-order valence-electron chi connectivity index (χ1n) is 8.74. The first kappa shape index (κ1) is 18.5. The normalized spacial score (nSPS) is 15.3. The molecule has 0 aliphatic carbocycles. The van der Waals surface area contributed by atoms with Gasteiger partial charge >= 0.3 is 0 Å². The molecule has 3 aromatic rings. The van der Waals surface area contributed by atoms with E-state index in [0.29, 0.717) is 40.4 Å². The summed E-state index contributed by atoms with van der Waals surface area (Å²) in [5, 5.41) is 2.36. The lowest BCUT2D eigenvalue weighted by Crippen LogP contribution is -2.38. The number of carbonyl (C=O) groups excluding carboxylic acids is 1. The summed E-state index contributed by atoms with van der Waals surface area (Å²) in [6.07, 6.45) is 1.78. The Balaban J connectivity index is 1.48. The van der Waals surface area contributed by atoms with E-state index < -0.39 is 0 Å². The van der Waals surface area contributed by atoms with E-state index in [2.05, 4.69) is 0 Å². The zero-order valence-electron chi connectivity index (χ0n) is 14.7. The van der Waals surface area contributed by atoms with Gasteiger partial charge in [-0.1, -0.05) is 23.2 Å². The maximum Gasteiger partial charge on any atom is 0.257 e. The number of amides is 1. The first-order chi connectivity index (χ1) is 13.0. The van der Waals surface area contributed by atoms with Gasteiger partial charge in [0.2, 0.25) is 0 Å². The van der Waals surface area contributed by atoms with Crippen molar-refractivity contribution >= 4 is 50.7 Å².